The number of ether oxygens (including phenoxy) is 1. The molecule has 0 radical (unpaired) electrons. The number of methoxy groups -OCH3 is 1. The smallest absolute Gasteiger partial charge is 0.253 e. The SMILES string of the molecule is COc1ccc(C(=O)N2CC(N)(C(C)C)C2)cc1. The first-order valence-corrected chi connectivity index (χ1v) is 6.18. The highest BCUT2D eigenvalue weighted by atomic mass is 16.5. The fourth-order valence-corrected chi connectivity index (χ4v) is 2.09. The molecular weight excluding hydrogens is 228 g/mol. The van der Waals surface area contributed by atoms with Crippen molar-refractivity contribution in [1.29, 1.82) is 0 Å². The zero-order valence-corrected chi connectivity index (χ0v) is 11.1. The van der Waals surface area contributed by atoms with Gasteiger partial charge in [-0.1, -0.05) is 13.8 Å². The van der Waals surface area contributed by atoms with Crippen LogP contribution in [0.15, 0.2) is 24.3 Å². The van der Waals surface area contributed by atoms with Crippen molar-refractivity contribution in [3.8, 4) is 5.75 Å². The maximum atomic E-state index is 12.2. The second-order valence-corrected chi connectivity index (χ2v) is 5.28. The van der Waals surface area contributed by atoms with Gasteiger partial charge in [0.1, 0.15) is 5.75 Å². The van der Waals surface area contributed by atoms with Crippen LogP contribution in [-0.4, -0.2) is 36.5 Å². The average Bonchev–Trinajstić information content (AvgIpc) is 2.34. The van der Waals surface area contributed by atoms with Crippen molar-refractivity contribution >= 4 is 5.91 Å². The van der Waals surface area contributed by atoms with E-state index in [0.717, 1.165) is 5.75 Å². The minimum atomic E-state index is -0.220. The topological polar surface area (TPSA) is 55.6 Å². The van der Waals surface area contributed by atoms with Crippen LogP contribution >= 0.6 is 0 Å². The summed E-state index contributed by atoms with van der Waals surface area (Å²) in [7, 11) is 1.61. The van der Waals surface area contributed by atoms with E-state index in [9.17, 15) is 4.79 Å². The standard InChI is InChI=1S/C14H20N2O2/c1-10(2)14(15)8-16(9-14)13(17)11-4-6-12(18-3)7-5-11/h4-7,10H,8-9,15H2,1-3H3. The van der Waals surface area contributed by atoms with Crippen LogP contribution in [0, 0.1) is 5.92 Å². The molecule has 0 unspecified atom stereocenters. The highest BCUT2D eigenvalue weighted by Gasteiger charge is 2.44. The lowest BCUT2D eigenvalue weighted by Gasteiger charge is -2.50. The van der Waals surface area contributed by atoms with Crippen molar-refractivity contribution in [3.05, 3.63) is 29.8 Å². The summed E-state index contributed by atoms with van der Waals surface area (Å²) < 4.78 is 5.07. The molecule has 1 saturated heterocycles. The van der Waals surface area contributed by atoms with E-state index in [2.05, 4.69) is 13.8 Å². The molecule has 18 heavy (non-hydrogen) atoms. The van der Waals surface area contributed by atoms with Crippen LogP contribution in [0.1, 0.15) is 24.2 Å². The summed E-state index contributed by atoms with van der Waals surface area (Å²) in [4.78, 5) is 14.0. The molecule has 2 N–H and O–H groups in total. The number of nitrogens with zero attached hydrogens (tertiary/aromatic N) is 1. The highest BCUT2D eigenvalue weighted by molar-refractivity contribution is 5.95. The molecule has 0 saturated carbocycles. The number of carbonyl (C=O) groups excluding carboxylic acids is 1. The Kier molecular flexibility index (Phi) is 3.30. The molecule has 0 aromatic heterocycles. The molecule has 1 aromatic carbocycles. The minimum absolute atomic E-state index is 0.0411. The summed E-state index contributed by atoms with van der Waals surface area (Å²) in [6, 6.07) is 7.16. The number of carbonyl (C=O) groups is 1. The van der Waals surface area contributed by atoms with Gasteiger partial charge >= 0.3 is 0 Å². The molecule has 1 aromatic rings. The van der Waals surface area contributed by atoms with E-state index in [4.69, 9.17) is 10.5 Å². The molecule has 1 aliphatic heterocycles. The molecule has 0 aliphatic carbocycles. The van der Waals surface area contributed by atoms with Gasteiger partial charge in [-0.3, -0.25) is 4.79 Å². The quantitative estimate of drug-likeness (QED) is 0.882. The number of likely N-dealkylation sites (tertiary alicyclic amines) is 1. The molecule has 4 heteroatoms. The number of rotatable bonds is 3. The van der Waals surface area contributed by atoms with Crippen molar-refractivity contribution in [2.45, 2.75) is 19.4 Å². The predicted octanol–water partition coefficient (Wildman–Crippen LogP) is 1.50. The Bertz CT molecular complexity index is 434. The Labute approximate surface area is 108 Å². The summed E-state index contributed by atoms with van der Waals surface area (Å²) >= 11 is 0. The fourth-order valence-electron chi connectivity index (χ4n) is 2.09. The van der Waals surface area contributed by atoms with Crippen LogP contribution in [0.4, 0.5) is 0 Å². The minimum Gasteiger partial charge on any atom is -0.497 e. The van der Waals surface area contributed by atoms with E-state index in [1.54, 1.807) is 36.3 Å². The molecule has 1 aliphatic rings. The lowest BCUT2D eigenvalue weighted by Crippen LogP contribution is -2.71. The first-order valence-electron chi connectivity index (χ1n) is 6.18. The Balaban J connectivity index is 2.01. The van der Waals surface area contributed by atoms with Gasteiger partial charge in [0.05, 0.1) is 12.6 Å². The van der Waals surface area contributed by atoms with Crippen molar-refractivity contribution in [3.63, 3.8) is 0 Å². The number of hydrogen-bond donors (Lipinski definition) is 1. The molecular formula is C14H20N2O2. The van der Waals surface area contributed by atoms with Crippen molar-refractivity contribution in [2.75, 3.05) is 20.2 Å². The highest BCUT2D eigenvalue weighted by Crippen LogP contribution is 2.27. The van der Waals surface area contributed by atoms with Gasteiger partial charge in [0.2, 0.25) is 0 Å². The summed E-state index contributed by atoms with van der Waals surface area (Å²) in [6.07, 6.45) is 0. The lowest BCUT2D eigenvalue weighted by atomic mass is 9.80. The number of nitrogens with two attached hydrogens (primary N) is 1. The van der Waals surface area contributed by atoms with Gasteiger partial charge in [0.25, 0.3) is 5.91 Å². The van der Waals surface area contributed by atoms with E-state index in [-0.39, 0.29) is 11.4 Å². The largest absolute Gasteiger partial charge is 0.497 e. The molecule has 0 bridgehead atoms. The Morgan fingerprint density at radius 3 is 2.33 bits per heavy atom. The van der Waals surface area contributed by atoms with Crippen LogP contribution in [0.25, 0.3) is 0 Å². The number of benzene rings is 1. The molecule has 1 amide bonds. The Hall–Kier alpha value is -1.55. The molecule has 4 nitrogen and oxygen atoms in total. The van der Waals surface area contributed by atoms with E-state index >= 15 is 0 Å². The van der Waals surface area contributed by atoms with Crippen LogP contribution in [0.5, 0.6) is 5.75 Å². The Morgan fingerprint density at radius 1 is 1.33 bits per heavy atom. The summed E-state index contributed by atoms with van der Waals surface area (Å²) in [5, 5.41) is 0. The van der Waals surface area contributed by atoms with Gasteiger partial charge in [-0.2, -0.15) is 0 Å². The maximum Gasteiger partial charge on any atom is 0.253 e. The second kappa shape index (κ2) is 4.61. The second-order valence-electron chi connectivity index (χ2n) is 5.28. The third kappa shape index (κ3) is 2.20. The van der Waals surface area contributed by atoms with Gasteiger partial charge in [0, 0.05) is 18.7 Å². The maximum absolute atomic E-state index is 12.2. The zero-order chi connectivity index (χ0) is 13.3. The molecule has 1 heterocycles. The van der Waals surface area contributed by atoms with Gasteiger partial charge in [-0.15, -0.1) is 0 Å². The summed E-state index contributed by atoms with van der Waals surface area (Å²) in [6.45, 7) is 5.45. The predicted molar refractivity (Wildman–Crippen MR) is 70.7 cm³/mol. The van der Waals surface area contributed by atoms with Gasteiger partial charge in [0.15, 0.2) is 0 Å². The number of hydrogen-bond acceptors (Lipinski definition) is 3. The zero-order valence-electron chi connectivity index (χ0n) is 11.1. The van der Waals surface area contributed by atoms with Crippen LogP contribution in [0.2, 0.25) is 0 Å². The third-order valence-electron chi connectivity index (χ3n) is 3.74. The molecule has 98 valence electrons. The van der Waals surface area contributed by atoms with Crippen molar-refractivity contribution in [2.24, 2.45) is 11.7 Å². The Morgan fingerprint density at radius 2 is 1.89 bits per heavy atom. The van der Waals surface area contributed by atoms with Gasteiger partial charge < -0.3 is 15.4 Å². The van der Waals surface area contributed by atoms with Gasteiger partial charge in [-0.05, 0) is 30.2 Å². The number of amides is 1. The molecule has 1 fully saturated rings. The average molecular weight is 248 g/mol. The van der Waals surface area contributed by atoms with Crippen molar-refractivity contribution < 1.29 is 9.53 Å². The fraction of sp³-hybridized carbons (Fsp3) is 0.500. The summed E-state index contributed by atoms with van der Waals surface area (Å²) in [5.74, 6) is 1.18. The monoisotopic (exact) mass is 248 g/mol. The first kappa shape index (κ1) is 12.9. The van der Waals surface area contributed by atoms with Crippen LogP contribution in [-0.2, 0) is 0 Å². The van der Waals surface area contributed by atoms with Crippen LogP contribution in [0.3, 0.4) is 0 Å². The van der Waals surface area contributed by atoms with E-state index in [1.165, 1.54) is 0 Å². The molecule has 0 atom stereocenters. The van der Waals surface area contributed by atoms with Crippen LogP contribution < -0.4 is 10.5 Å². The normalized spacial score (nSPS) is 17.5. The first-order chi connectivity index (χ1) is 8.46. The molecule has 2 rings (SSSR count). The van der Waals surface area contributed by atoms with E-state index < -0.39 is 0 Å². The summed E-state index contributed by atoms with van der Waals surface area (Å²) in [5.41, 5.74) is 6.65. The van der Waals surface area contributed by atoms with E-state index in [1.807, 2.05) is 0 Å². The van der Waals surface area contributed by atoms with Crippen molar-refractivity contribution in [1.82, 2.24) is 4.90 Å². The molecule has 0 spiro atoms. The lowest BCUT2D eigenvalue weighted by molar-refractivity contribution is 0.0275. The third-order valence-corrected chi connectivity index (χ3v) is 3.74. The van der Waals surface area contributed by atoms with E-state index in [0.29, 0.717) is 24.6 Å². The van der Waals surface area contributed by atoms with Gasteiger partial charge in [-0.25, -0.2) is 0 Å².